The second kappa shape index (κ2) is 5.97. The van der Waals surface area contributed by atoms with E-state index < -0.39 is 0 Å². The highest BCUT2D eigenvalue weighted by atomic mass is 35.5. The van der Waals surface area contributed by atoms with Gasteiger partial charge in [-0.1, -0.05) is 24.6 Å². The van der Waals surface area contributed by atoms with Crippen LogP contribution in [0.1, 0.15) is 29.3 Å². The maximum atomic E-state index is 5.94. The van der Waals surface area contributed by atoms with Crippen LogP contribution >= 0.6 is 11.6 Å². The van der Waals surface area contributed by atoms with Crippen LogP contribution in [-0.2, 0) is 13.0 Å². The van der Waals surface area contributed by atoms with Crippen LogP contribution in [0.25, 0.3) is 0 Å². The van der Waals surface area contributed by atoms with E-state index in [1.807, 2.05) is 26.1 Å². The molecule has 0 aliphatic rings. The molecule has 4 nitrogen and oxygen atoms in total. The molecule has 5 heteroatoms. The molecule has 0 aromatic carbocycles. The van der Waals surface area contributed by atoms with Crippen LogP contribution in [0.4, 0.5) is 5.82 Å². The smallest absolute Gasteiger partial charge is 0.155 e. The number of aromatic nitrogens is 3. The van der Waals surface area contributed by atoms with Crippen LogP contribution in [-0.4, -0.2) is 15.2 Å². The van der Waals surface area contributed by atoms with E-state index in [2.05, 4.69) is 33.5 Å². The quantitative estimate of drug-likeness (QED) is 0.931. The summed E-state index contributed by atoms with van der Waals surface area (Å²) in [5.74, 6) is 0.759. The van der Waals surface area contributed by atoms with E-state index in [0.29, 0.717) is 11.7 Å². The third-order valence-corrected chi connectivity index (χ3v) is 3.61. The van der Waals surface area contributed by atoms with Gasteiger partial charge in [0.25, 0.3) is 0 Å². The third-order valence-electron chi connectivity index (χ3n) is 3.25. The number of hydrogen-bond donors (Lipinski definition) is 1. The Balaban J connectivity index is 2.17. The Morgan fingerprint density at radius 2 is 2.00 bits per heavy atom. The predicted octanol–water partition coefficient (Wildman–Crippen LogP) is 3.32. The Kier molecular flexibility index (Phi) is 4.32. The van der Waals surface area contributed by atoms with Gasteiger partial charge in [-0.25, -0.2) is 0 Å². The van der Waals surface area contributed by atoms with Gasteiger partial charge in [-0.2, -0.15) is 0 Å². The lowest BCUT2D eigenvalue weighted by Crippen LogP contribution is -2.09. The number of anilines is 1. The maximum Gasteiger partial charge on any atom is 0.155 e. The number of hydrogen-bond acceptors (Lipinski definition) is 4. The van der Waals surface area contributed by atoms with Gasteiger partial charge in [0.15, 0.2) is 11.0 Å². The van der Waals surface area contributed by atoms with Crippen molar-refractivity contribution in [1.82, 2.24) is 15.2 Å². The topological polar surface area (TPSA) is 50.7 Å². The molecule has 0 saturated carbocycles. The first-order valence-corrected chi connectivity index (χ1v) is 6.67. The van der Waals surface area contributed by atoms with Crippen molar-refractivity contribution in [3.63, 3.8) is 0 Å². The molecule has 0 fully saturated rings. The van der Waals surface area contributed by atoms with Gasteiger partial charge in [0, 0.05) is 6.20 Å². The Labute approximate surface area is 118 Å². The molecule has 0 amide bonds. The summed E-state index contributed by atoms with van der Waals surface area (Å²) in [6.45, 7) is 6.69. The number of pyridine rings is 1. The summed E-state index contributed by atoms with van der Waals surface area (Å²) in [6.07, 6.45) is 2.77. The zero-order chi connectivity index (χ0) is 13.8. The minimum Gasteiger partial charge on any atom is -0.363 e. The summed E-state index contributed by atoms with van der Waals surface area (Å²) in [6, 6.07) is 4.05. The largest absolute Gasteiger partial charge is 0.363 e. The molecule has 1 N–H and O–H groups in total. The van der Waals surface area contributed by atoms with Crippen LogP contribution in [0.5, 0.6) is 0 Å². The summed E-state index contributed by atoms with van der Waals surface area (Å²) in [7, 11) is 0. The summed E-state index contributed by atoms with van der Waals surface area (Å²) in [5, 5.41) is 11.7. The normalized spacial score (nSPS) is 10.5. The van der Waals surface area contributed by atoms with Gasteiger partial charge in [0.05, 0.1) is 12.2 Å². The zero-order valence-electron chi connectivity index (χ0n) is 11.4. The molecule has 2 heterocycles. The molecule has 19 heavy (non-hydrogen) atoms. The van der Waals surface area contributed by atoms with Gasteiger partial charge in [0.1, 0.15) is 0 Å². The van der Waals surface area contributed by atoms with Gasteiger partial charge in [0.2, 0.25) is 0 Å². The molecule has 0 spiro atoms. The molecule has 2 aromatic rings. The molecule has 0 unspecified atom stereocenters. The standard InChI is InChI=1S/C14H17ClN4/c1-4-11-6-5-7-16-12(11)8-17-14-10(3)9(2)13(15)18-19-14/h5-7H,4,8H2,1-3H3,(H,17,19). The molecular weight excluding hydrogens is 260 g/mol. The van der Waals surface area contributed by atoms with Crippen molar-refractivity contribution >= 4 is 17.4 Å². The number of aryl methyl sites for hydroxylation is 1. The first-order valence-electron chi connectivity index (χ1n) is 6.29. The van der Waals surface area contributed by atoms with E-state index in [0.717, 1.165) is 29.1 Å². The van der Waals surface area contributed by atoms with Gasteiger partial charge in [-0.05, 0) is 43.0 Å². The first kappa shape index (κ1) is 13.7. The Bertz CT molecular complexity index is 584. The SMILES string of the molecule is CCc1cccnc1CNc1nnc(Cl)c(C)c1C. The second-order valence-electron chi connectivity index (χ2n) is 4.41. The average Bonchev–Trinajstić information content (AvgIpc) is 2.44. The highest BCUT2D eigenvalue weighted by Crippen LogP contribution is 2.21. The second-order valence-corrected chi connectivity index (χ2v) is 4.76. The average molecular weight is 277 g/mol. The lowest BCUT2D eigenvalue weighted by molar-refractivity contribution is 0.932. The first-order chi connectivity index (χ1) is 9.13. The fourth-order valence-corrected chi connectivity index (χ4v) is 2.04. The van der Waals surface area contributed by atoms with E-state index in [9.17, 15) is 0 Å². The van der Waals surface area contributed by atoms with E-state index in [-0.39, 0.29) is 0 Å². The molecular formula is C14H17ClN4. The Morgan fingerprint density at radius 3 is 2.74 bits per heavy atom. The number of nitrogens with zero attached hydrogens (tertiary/aromatic N) is 3. The van der Waals surface area contributed by atoms with Gasteiger partial charge < -0.3 is 5.32 Å². The third kappa shape index (κ3) is 3.01. The van der Waals surface area contributed by atoms with Gasteiger partial charge in [-0.15, -0.1) is 10.2 Å². The molecule has 0 radical (unpaired) electrons. The van der Waals surface area contributed by atoms with Crippen molar-refractivity contribution in [1.29, 1.82) is 0 Å². The lowest BCUT2D eigenvalue weighted by atomic mass is 10.1. The van der Waals surface area contributed by atoms with Gasteiger partial charge in [-0.3, -0.25) is 4.98 Å². The molecule has 0 aliphatic carbocycles. The van der Waals surface area contributed by atoms with Crippen LogP contribution < -0.4 is 5.32 Å². The van der Waals surface area contributed by atoms with E-state index in [4.69, 9.17) is 11.6 Å². The molecule has 100 valence electrons. The van der Waals surface area contributed by atoms with Crippen molar-refractivity contribution < 1.29 is 0 Å². The highest BCUT2D eigenvalue weighted by Gasteiger charge is 2.08. The maximum absolute atomic E-state index is 5.94. The summed E-state index contributed by atoms with van der Waals surface area (Å²) < 4.78 is 0. The minimum atomic E-state index is 0.454. The van der Waals surface area contributed by atoms with Crippen molar-refractivity contribution in [2.24, 2.45) is 0 Å². The number of nitrogens with one attached hydrogen (secondary N) is 1. The Morgan fingerprint density at radius 1 is 1.21 bits per heavy atom. The summed E-state index contributed by atoms with van der Waals surface area (Å²) >= 11 is 5.94. The van der Waals surface area contributed by atoms with Gasteiger partial charge >= 0.3 is 0 Å². The molecule has 2 rings (SSSR count). The fraction of sp³-hybridized carbons (Fsp3) is 0.357. The van der Waals surface area contributed by atoms with E-state index >= 15 is 0 Å². The molecule has 0 bridgehead atoms. The van der Waals surface area contributed by atoms with E-state index in [1.165, 1.54) is 5.56 Å². The zero-order valence-corrected chi connectivity index (χ0v) is 12.1. The van der Waals surface area contributed by atoms with Crippen molar-refractivity contribution in [3.05, 3.63) is 45.9 Å². The molecule has 0 saturated heterocycles. The lowest BCUT2D eigenvalue weighted by Gasteiger charge is -2.11. The predicted molar refractivity (Wildman–Crippen MR) is 77.5 cm³/mol. The fourth-order valence-electron chi connectivity index (χ4n) is 1.86. The van der Waals surface area contributed by atoms with Crippen LogP contribution in [0.2, 0.25) is 5.15 Å². The minimum absolute atomic E-state index is 0.454. The van der Waals surface area contributed by atoms with Crippen molar-refractivity contribution in [2.45, 2.75) is 33.7 Å². The van der Waals surface area contributed by atoms with Crippen LogP contribution in [0, 0.1) is 13.8 Å². The molecule has 0 aliphatic heterocycles. The molecule has 2 aromatic heterocycles. The van der Waals surface area contributed by atoms with Crippen molar-refractivity contribution in [2.75, 3.05) is 5.32 Å². The van der Waals surface area contributed by atoms with Crippen LogP contribution in [0.3, 0.4) is 0 Å². The number of rotatable bonds is 4. The monoisotopic (exact) mass is 276 g/mol. The summed E-state index contributed by atoms with van der Waals surface area (Å²) in [4.78, 5) is 4.40. The van der Waals surface area contributed by atoms with Crippen molar-refractivity contribution in [3.8, 4) is 0 Å². The highest BCUT2D eigenvalue weighted by molar-refractivity contribution is 6.30. The number of halogens is 1. The molecule has 0 atom stereocenters. The van der Waals surface area contributed by atoms with Crippen LogP contribution in [0.15, 0.2) is 18.3 Å². The Hall–Kier alpha value is -1.68. The summed E-state index contributed by atoms with van der Waals surface area (Å²) in [5.41, 5.74) is 4.26. The van der Waals surface area contributed by atoms with E-state index in [1.54, 1.807) is 0 Å².